The number of nitro benzene ring substituents is 1. The molecule has 1 aromatic rings. The summed E-state index contributed by atoms with van der Waals surface area (Å²) in [5.74, 6) is -0.0228. The minimum absolute atomic E-state index is 0. The molecule has 7 heteroatoms. The molecule has 1 aromatic carbocycles. The van der Waals surface area contributed by atoms with Crippen molar-refractivity contribution < 1.29 is 9.72 Å². The molecule has 3 rings (SSSR count). The Kier molecular flexibility index (Phi) is 7.41. The Morgan fingerprint density at radius 2 is 1.85 bits per heavy atom. The third-order valence-electron chi connectivity index (χ3n) is 5.72. The maximum Gasteiger partial charge on any atom is 0.273 e. The molecule has 1 saturated heterocycles. The lowest BCUT2D eigenvalue weighted by Crippen LogP contribution is -2.53. The standard InChI is InChI=1S/C19H27N3O3.ClH/c1-20(17-10-4-5-11-18(17)21-12-6-7-13-21)19(23)14-15-8-2-3-9-16(15)22(24)25;/h2-3,8-9,17-18H,4-7,10-14H2,1H3;1H. The van der Waals surface area contributed by atoms with Gasteiger partial charge in [0, 0.05) is 30.8 Å². The number of likely N-dealkylation sites (tertiary alicyclic amines) is 1. The van der Waals surface area contributed by atoms with Gasteiger partial charge in [-0.05, 0) is 38.8 Å². The maximum atomic E-state index is 12.8. The second-order valence-electron chi connectivity index (χ2n) is 7.23. The molecule has 2 atom stereocenters. The van der Waals surface area contributed by atoms with E-state index in [-0.39, 0.29) is 36.5 Å². The van der Waals surface area contributed by atoms with Gasteiger partial charge in [0.05, 0.1) is 11.3 Å². The normalized spacial score (nSPS) is 23.3. The number of nitrogens with zero attached hydrogens (tertiary/aromatic N) is 3. The van der Waals surface area contributed by atoms with Crippen LogP contribution in [0.1, 0.15) is 44.1 Å². The molecule has 0 aromatic heterocycles. The summed E-state index contributed by atoms with van der Waals surface area (Å²) >= 11 is 0. The molecular formula is C19H28ClN3O3. The van der Waals surface area contributed by atoms with Gasteiger partial charge in [-0.1, -0.05) is 31.0 Å². The highest BCUT2D eigenvalue weighted by Crippen LogP contribution is 2.29. The Balaban J connectivity index is 0.00000243. The van der Waals surface area contributed by atoms with Crippen LogP contribution in [0.15, 0.2) is 24.3 Å². The molecular weight excluding hydrogens is 354 g/mol. The van der Waals surface area contributed by atoms with Gasteiger partial charge in [0.1, 0.15) is 0 Å². The fourth-order valence-electron chi connectivity index (χ4n) is 4.35. The first kappa shape index (κ1) is 20.6. The maximum absolute atomic E-state index is 12.8. The van der Waals surface area contributed by atoms with Crippen LogP contribution in [0.25, 0.3) is 0 Å². The molecule has 0 bridgehead atoms. The molecule has 0 N–H and O–H groups in total. The zero-order valence-electron chi connectivity index (χ0n) is 15.3. The van der Waals surface area contributed by atoms with Crippen LogP contribution in [0.3, 0.4) is 0 Å². The molecule has 1 aliphatic carbocycles. The number of amides is 1. The Morgan fingerprint density at radius 3 is 2.54 bits per heavy atom. The van der Waals surface area contributed by atoms with E-state index in [9.17, 15) is 14.9 Å². The van der Waals surface area contributed by atoms with E-state index in [4.69, 9.17) is 0 Å². The van der Waals surface area contributed by atoms with Crippen molar-refractivity contribution in [2.75, 3.05) is 20.1 Å². The van der Waals surface area contributed by atoms with Gasteiger partial charge in [-0.3, -0.25) is 19.8 Å². The first-order chi connectivity index (χ1) is 12.1. The molecule has 1 aliphatic heterocycles. The molecule has 1 amide bonds. The van der Waals surface area contributed by atoms with Crippen molar-refractivity contribution in [3.05, 3.63) is 39.9 Å². The van der Waals surface area contributed by atoms with Gasteiger partial charge in [-0.2, -0.15) is 0 Å². The first-order valence-corrected chi connectivity index (χ1v) is 9.30. The molecule has 26 heavy (non-hydrogen) atoms. The van der Waals surface area contributed by atoms with E-state index in [1.807, 2.05) is 11.9 Å². The summed E-state index contributed by atoms with van der Waals surface area (Å²) in [6, 6.07) is 7.21. The van der Waals surface area contributed by atoms with Crippen LogP contribution in [0.4, 0.5) is 5.69 Å². The summed E-state index contributed by atoms with van der Waals surface area (Å²) in [5, 5.41) is 11.2. The predicted octanol–water partition coefficient (Wildman–Crippen LogP) is 3.42. The van der Waals surface area contributed by atoms with Crippen LogP contribution in [0.2, 0.25) is 0 Å². The number of para-hydroxylation sites is 1. The topological polar surface area (TPSA) is 66.7 Å². The van der Waals surface area contributed by atoms with Gasteiger partial charge in [0.2, 0.25) is 5.91 Å². The Hall–Kier alpha value is -1.66. The van der Waals surface area contributed by atoms with Crippen molar-refractivity contribution in [3.8, 4) is 0 Å². The fourth-order valence-corrected chi connectivity index (χ4v) is 4.35. The number of carbonyl (C=O) groups excluding carboxylic acids is 1. The van der Waals surface area contributed by atoms with Crippen molar-refractivity contribution in [1.29, 1.82) is 0 Å². The van der Waals surface area contributed by atoms with Crippen LogP contribution in [0.5, 0.6) is 0 Å². The van der Waals surface area contributed by atoms with Crippen LogP contribution in [0, 0.1) is 10.1 Å². The van der Waals surface area contributed by atoms with E-state index in [1.165, 1.54) is 25.3 Å². The van der Waals surface area contributed by atoms with Gasteiger partial charge in [-0.25, -0.2) is 0 Å². The minimum atomic E-state index is -0.406. The SMILES string of the molecule is CN(C(=O)Cc1ccccc1[N+](=O)[O-])C1CCCCC1N1CCCC1.Cl. The highest BCUT2D eigenvalue weighted by Gasteiger charge is 2.35. The summed E-state index contributed by atoms with van der Waals surface area (Å²) in [4.78, 5) is 28.0. The van der Waals surface area contributed by atoms with E-state index < -0.39 is 4.92 Å². The van der Waals surface area contributed by atoms with Gasteiger partial charge in [0.15, 0.2) is 0 Å². The fraction of sp³-hybridized carbons (Fsp3) is 0.632. The van der Waals surface area contributed by atoms with Crippen LogP contribution < -0.4 is 0 Å². The first-order valence-electron chi connectivity index (χ1n) is 9.30. The number of rotatable bonds is 5. The number of hydrogen-bond acceptors (Lipinski definition) is 4. The molecule has 1 heterocycles. The van der Waals surface area contributed by atoms with E-state index in [2.05, 4.69) is 4.90 Å². The molecule has 2 unspecified atom stereocenters. The quantitative estimate of drug-likeness (QED) is 0.579. The Bertz CT molecular complexity index is 634. The summed E-state index contributed by atoms with van der Waals surface area (Å²) in [5.41, 5.74) is 0.530. The summed E-state index contributed by atoms with van der Waals surface area (Å²) in [7, 11) is 1.87. The minimum Gasteiger partial charge on any atom is -0.341 e. The lowest BCUT2D eigenvalue weighted by Gasteiger charge is -2.42. The van der Waals surface area contributed by atoms with Crippen molar-refractivity contribution >= 4 is 24.0 Å². The van der Waals surface area contributed by atoms with Gasteiger partial charge in [-0.15, -0.1) is 12.4 Å². The molecule has 144 valence electrons. The van der Waals surface area contributed by atoms with E-state index in [0.717, 1.165) is 32.4 Å². The highest BCUT2D eigenvalue weighted by atomic mass is 35.5. The second-order valence-corrected chi connectivity index (χ2v) is 7.23. The molecule has 2 fully saturated rings. The summed E-state index contributed by atoms with van der Waals surface area (Å²) in [6.07, 6.45) is 7.14. The van der Waals surface area contributed by atoms with E-state index >= 15 is 0 Å². The third kappa shape index (κ3) is 4.54. The van der Waals surface area contributed by atoms with Crippen molar-refractivity contribution in [2.45, 2.75) is 57.0 Å². The van der Waals surface area contributed by atoms with Gasteiger partial charge in [0.25, 0.3) is 5.69 Å². The number of halogens is 1. The van der Waals surface area contributed by atoms with Crippen molar-refractivity contribution in [3.63, 3.8) is 0 Å². The molecule has 1 saturated carbocycles. The third-order valence-corrected chi connectivity index (χ3v) is 5.72. The molecule has 6 nitrogen and oxygen atoms in total. The highest BCUT2D eigenvalue weighted by molar-refractivity contribution is 5.85. The molecule has 0 radical (unpaired) electrons. The zero-order valence-corrected chi connectivity index (χ0v) is 16.1. The van der Waals surface area contributed by atoms with Crippen molar-refractivity contribution in [1.82, 2.24) is 9.80 Å². The lowest BCUT2D eigenvalue weighted by atomic mass is 9.88. The molecule has 2 aliphatic rings. The van der Waals surface area contributed by atoms with Crippen molar-refractivity contribution in [2.24, 2.45) is 0 Å². The Labute approximate surface area is 161 Å². The van der Waals surface area contributed by atoms with Crippen LogP contribution in [-0.2, 0) is 11.2 Å². The second kappa shape index (κ2) is 9.33. The number of likely N-dealkylation sites (N-methyl/N-ethyl adjacent to an activating group) is 1. The van der Waals surface area contributed by atoms with Crippen LogP contribution in [-0.4, -0.2) is 52.9 Å². The Morgan fingerprint density at radius 1 is 1.19 bits per heavy atom. The smallest absolute Gasteiger partial charge is 0.273 e. The van der Waals surface area contributed by atoms with E-state index in [1.54, 1.807) is 18.2 Å². The largest absolute Gasteiger partial charge is 0.341 e. The molecule has 0 spiro atoms. The average Bonchev–Trinajstić information content (AvgIpc) is 3.16. The number of nitro groups is 1. The lowest BCUT2D eigenvalue weighted by molar-refractivity contribution is -0.385. The average molecular weight is 382 g/mol. The summed E-state index contributed by atoms with van der Waals surface area (Å²) in [6.45, 7) is 2.26. The summed E-state index contributed by atoms with van der Waals surface area (Å²) < 4.78 is 0. The van der Waals surface area contributed by atoms with Gasteiger partial charge < -0.3 is 4.90 Å². The van der Waals surface area contributed by atoms with Crippen LogP contribution >= 0.6 is 12.4 Å². The zero-order chi connectivity index (χ0) is 17.8. The monoisotopic (exact) mass is 381 g/mol. The number of benzene rings is 1. The van der Waals surface area contributed by atoms with Gasteiger partial charge >= 0.3 is 0 Å². The predicted molar refractivity (Wildman–Crippen MR) is 104 cm³/mol. The number of carbonyl (C=O) groups is 1. The number of hydrogen-bond donors (Lipinski definition) is 0. The van der Waals surface area contributed by atoms with E-state index in [0.29, 0.717) is 11.6 Å².